The van der Waals surface area contributed by atoms with Gasteiger partial charge in [-0.2, -0.15) is 0 Å². The molecule has 0 radical (unpaired) electrons. The van der Waals surface area contributed by atoms with Crippen LogP contribution >= 0.6 is 0 Å². The fraction of sp³-hybridized carbons (Fsp3) is 0.385. The number of hydrogen-bond donors (Lipinski definition) is 1. The summed E-state index contributed by atoms with van der Waals surface area (Å²) < 4.78 is 0. The van der Waals surface area contributed by atoms with Crippen molar-refractivity contribution >= 4 is 5.57 Å². The Morgan fingerprint density at radius 1 is 1.29 bits per heavy atom. The lowest BCUT2D eigenvalue weighted by Crippen LogP contribution is -2.05. The molecule has 0 heterocycles. The number of hydrogen-bond acceptors (Lipinski definition) is 1. The number of aryl methyl sites for hydroxylation is 1. The molecule has 2 N–H and O–H groups in total. The molecular weight excluding hydrogens is 170 g/mol. The summed E-state index contributed by atoms with van der Waals surface area (Å²) in [5, 5.41) is 0. The van der Waals surface area contributed by atoms with Gasteiger partial charge in [-0.05, 0) is 55.5 Å². The van der Waals surface area contributed by atoms with Gasteiger partial charge in [0.05, 0.1) is 0 Å². The molecule has 0 aliphatic rings. The SMILES string of the molecule is C=C(C)c1c(CN)cc(C)c(C)c1C. The van der Waals surface area contributed by atoms with Crippen LogP contribution < -0.4 is 5.73 Å². The lowest BCUT2D eigenvalue weighted by Gasteiger charge is -2.16. The summed E-state index contributed by atoms with van der Waals surface area (Å²) in [6, 6.07) is 2.17. The monoisotopic (exact) mass is 189 g/mol. The molecule has 76 valence electrons. The van der Waals surface area contributed by atoms with Gasteiger partial charge in [0.1, 0.15) is 0 Å². The maximum absolute atomic E-state index is 5.74. The Morgan fingerprint density at radius 2 is 1.86 bits per heavy atom. The van der Waals surface area contributed by atoms with E-state index in [9.17, 15) is 0 Å². The highest BCUT2D eigenvalue weighted by Crippen LogP contribution is 2.26. The molecule has 1 rings (SSSR count). The number of nitrogens with two attached hydrogens (primary N) is 1. The second kappa shape index (κ2) is 3.97. The van der Waals surface area contributed by atoms with E-state index >= 15 is 0 Å². The number of benzene rings is 1. The number of rotatable bonds is 2. The minimum Gasteiger partial charge on any atom is -0.326 e. The van der Waals surface area contributed by atoms with E-state index in [1.165, 1.54) is 27.8 Å². The normalized spacial score (nSPS) is 10.4. The summed E-state index contributed by atoms with van der Waals surface area (Å²) in [4.78, 5) is 0. The lowest BCUT2D eigenvalue weighted by atomic mass is 9.90. The Hall–Kier alpha value is -1.08. The van der Waals surface area contributed by atoms with Crippen molar-refractivity contribution in [3.05, 3.63) is 40.5 Å². The third kappa shape index (κ3) is 1.73. The predicted molar refractivity (Wildman–Crippen MR) is 63.3 cm³/mol. The van der Waals surface area contributed by atoms with Gasteiger partial charge in [0.15, 0.2) is 0 Å². The van der Waals surface area contributed by atoms with E-state index < -0.39 is 0 Å². The Bertz CT molecular complexity index is 375. The molecule has 0 fully saturated rings. The second-order valence-corrected chi connectivity index (χ2v) is 3.96. The fourth-order valence-corrected chi connectivity index (χ4v) is 1.92. The molecule has 1 heteroatoms. The molecule has 1 nitrogen and oxygen atoms in total. The molecule has 0 amide bonds. The van der Waals surface area contributed by atoms with Gasteiger partial charge in [-0.1, -0.05) is 18.2 Å². The quantitative estimate of drug-likeness (QED) is 0.760. The minimum absolute atomic E-state index is 0.587. The topological polar surface area (TPSA) is 26.0 Å². The summed E-state index contributed by atoms with van der Waals surface area (Å²) in [5.74, 6) is 0. The molecule has 1 aromatic rings. The Kier molecular flexibility index (Phi) is 3.12. The van der Waals surface area contributed by atoms with Gasteiger partial charge in [-0.25, -0.2) is 0 Å². The van der Waals surface area contributed by atoms with Crippen molar-refractivity contribution in [2.24, 2.45) is 5.73 Å². The average Bonchev–Trinajstić information content (AvgIpc) is 2.12. The van der Waals surface area contributed by atoms with Crippen LogP contribution in [0, 0.1) is 20.8 Å². The van der Waals surface area contributed by atoms with Crippen molar-refractivity contribution in [3.63, 3.8) is 0 Å². The van der Waals surface area contributed by atoms with Crippen LogP contribution in [-0.2, 0) is 6.54 Å². The van der Waals surface area contributed by atoms with Gasteiger partial charge < -0.3 is 5.73 Å². The first-order valence-electron chi connectivity index (χ1n) is 4.94. The van der Waals surface area contributed by atoms with Crippen molar-refractivity contribution in [3.8, 4) is 0 Å². The van der Waals surface area contributed by atoms with Gasteiger partial charge in [0, 0.05) is 6.54 Å². The highest BCUT2D eigenvalue weighted by atomic mass is 14.5. The van der Waals surface area contributed by atoms with Crippen LogP contribution in [0.4, 0.5) is 0 Å². The molecule has 0 unspecified atom stereocenters. The van der Waals surface area contributed by atoms with Crippen LogP contribution in [-0.4, -0.2) is 0 Å². The standard InChI is InChI=1S/C13H19N/c1-8(2)13-11(5)10(4)9(3)6-12(13)7-14/h6H,1,7,14H2,2-5H3. The smallest absolute Gasteiger partial charge is 0.0184 e. The largest absolute Gasteiger partial charge is 0.326 e. The van der Waals surface area contributed by atoms with Gasteiger partial charge in [0.25, 0.3) is 0 Å². The molecule has 0 atom stereocenters. The van der Waals surface area contributed by atoms with Crippen molar-refractivity contribution in [2.75, 3.05) is 0 Å². The zero-order valence-electron chi connectivity index (χ0n) is 9.57. The van der Waals surface area contributed by atoms with Gasteiger partial charge >= 0.3 is 0 Å². The maximum atomic E-state index is 5.74. The van der Waals surface area contributed by atoms with Crippen molar-refractivity contribution in [2.45, 2.75) is 34.2 Å². The average molecular weight is 189 g/mol. The first-order chi connectivity index (χ1) is 6.49. The molecule has 0 aliphatic heterocycles. The molecular formula is C13H19N. The molecule has 0 spiro atoms. The van der Waals surface area contributed by atoms with E-state index in [0.717, 1.165) is 5.57 Å². The molecule has 1 aromatic carbocycles. The molecule has 0 saturated carbocycles. The number of allylic oxidation sites excluding steroid dienone is 1. The third-order valence-corrected chi connectivity index (χ3v) is 2.89. The maximum Gasteiger partial charge on any atom is 0.0184 e. The lowest BCUT2D eigenvalue weighted by molar-refractivity contribution is 1.04. The van der Waals surface area contributed by atoms with Crippen LogP contribution in [0.2, 0.25) is 0 Å². The van der Waals surface area contributed by atoms with Crippen LogP contribution in [0.5, 0.6) is 0 Å². The predicted octanol–water partition coefficient (Wildman–Crippen LogP) is 3.10. The molecule has 0 aliphatic carbocycles. The highest BCUT2D eigenvalue weighted by molar-refractivity contribution is 5.69. The van der Waals surface area contributed by atoms with E-state index in [4.69, 9.17) is 5.73 Å². The minimum atomic E-state index is 0.587. The van der Waals surface area contributed by atoms with Crippen molar-refractivity contribution in [1.82, 2.24) is 0 Å². The summed E-state index contributed by atoms with van der Waals surface area (Å²) in [6.45, 7) is 13.1. The van der Waals surface area contributed by atoms with Gasteiger partial charge in [-0.3, -0.25) is 0 Å². The van der Waals surface area contributed by atoms with E-state index in [1.54, 1.807) is 0 Å². The van der Waals surface area contributed by atoms with E-state index in [0.29, 0.717) is 6.54 Å². The van der Waals surface area contributed by atoms with Crippen LogP contribution in [0.3, 0.4) is 0 Å². The zero-order valence-corrected chi connectivity index (χ0v) is 9.57. The summed E-state index contributed by atoms with van der Waals surface area (Å²) in [6.07, 6.45) is 0. The van der Waals surface area contributed by atoms with Gasteiger partial charge in [-0.15, -0.1) is 0 Å². The highest BCUT2D eigenvalue weighted by Gasteiger charge is 2.09. The Labute approximate surface area is 86.6 Å². The summed E-state index contributed by atoms with van der Waals surface area (Å²) in [7, 11) is 0. The van der Waals surface area contributed by atoms with Crippen LogP contribution in [0.1, 0.15) is 34.7 Å². The molecule has 0 aromatic heterocycles. The first-order valence-corrected chi connectivity index (χ1v) is 4.94. The Morgan fingerprint density at radius 3 is 2.29 bits per heavy atom. The Balaban J connectivity index is 3.53. The zero-order chi connectivity index (χ0) is 10.9. The van der Waals surface area contributed by atoms with Crippen LogP contribution in [0.15, 0.2) is 12.6 Å². The van der Waals surface area contributed by atoms with Gasteiger partial charge in [0.2, 0.25) is 0 Å². The molecule has 0 saturated heterocycles. The first kappa shape index (κ1) is 11.0. The van der Waals surface area contributed by atoms with Crippen molar-refractivity contribution in [1.29, 1.82) is 0 Å². The van der Waals surface area contributed by atoms with E-state index in [2.05, 4.69) is 33.4 Å². The second-order valence-electron chi connectivity index (χ2n) is 3.96. The fourth-order valence-electron chi connectivity index (χ4n) is 1.92. The third-order valence-electron chi connectivity index (χ3n) is 2.89. The molecule has 0 bridgehead atoms. The summed E-state index contributed by atoms with van der Waals surface area (Å²) >= 11 is 0. The van der Waals surface area contributed by atoms with E-state index in [-0.39, 0.29) is 0 Å². The molecule has 14 heavy (non-hydrogen) atoms. The van der Waals surface area contributed by atoms with Crippen molar-refractivity contribution < 1.29 is 0 Å². The summed E-state index contributed by atoms with van der Waals surface area (Å²) in [5.41, 5.74) is 13.3. The van der Waals surface area contributed by atoms with Crippen LogP contribution in [0.25, 0.3) is 5.57 Å². The van der Waals surface area contributed by atoms with E-state index in [1.807, 2.05) is 6.92 Å².